The summed E-state index contributed by atoms with van der Waals surface area (Å²) >= 11 is 0. The molecule has 22 heavy (non-hydrogen) atoms. The van der Waals surface area contributed by atoms with E-state index in [1.54, 1.807) is 0 Å². The Morgan fingerprint density at radius 3 is 2.50 bits per heavy atom. The van der Waals surface area contributed by atoms with Gasteiger partial charge in [-0.1, -0.05) is 42.5 Å². The second-order valence-corrected chi connectivity index (χ2v) is 5.56. The second kappa shape index (κ2) is 8.23. The minimum absolute atomic E-state index is 0.166. The maximum absolute atomic E-state index is 10.9. The van der Waals surface area contributed by atoms with Crippen LogP contribution in [-0.2, 0) is 11.2 Å². The third kappa shape index (κ3) is 5.24. The molecule has 0 unspecified atom stereocenters. The van der Waals surface area contributed by atoms with E-state index in [4.69, 9.17) is 5.11 Å². The first-order chi connectivity index (χ1) is 10.6. The van der Waals surface area contributed by atoms with E-state index in [0.717, 1.165) is 25.1 Å². The molecule has 0 saturated carbocycles. The van der Waals surface area contributed by atoms with Crippen LogP contribution in [0.2, 0.25) is 0 Å². The lowest BCUT2D eigenvalue weighted by Gasteiger charge is -2.24. The van der Waals surface area contributed by atoms with Gasteiger partial charge in [0.2, 0.25) is 0 Å². The summed E-state index contributed by atoms with van der Waals surface area (Å²) in [5, 5.41) is 8.94. The van der Waals surface area contributed by atoms with Gasteiger partial charge < -0.3 is 10.0 Å². The molecule has 0 radical (unpaired) electrons. The average molecular weight is 297 g/mol. The Morgan fingerprint density at radius 2 is 1.82 bits per heavy atom. The van der Waals surface area contributed by atoms with Gasteiger partial charge in [0.05, 0.1) is 6.42 Å². The Balaban J connectivity index is 1.96. The number of nitrogens with zero attached hydrogens (tertiary/aromatic N) is 1. The van der Waals surface area contributed by atoms with Crippen molar-refractivity contribution in [3.8, 4) is 0 Å². The minimum atomic E-state index is -0.749. The maximum atomic E-state index is 10.9. The molecule has 0 heterocycles. The fourth-order valence-electron chi connectivity index (χ4n) is 2.54. The molecule has 0 aliphatic heterocycles. The number of carbonyl (C=O) groups is 1. The lowest BCUT2D eigenvalue weighted by molar-refractivity contribution is -0.136. The second-order valence-electron chi connectivity index (χ2n) is 5.56. The lowest BCUT2D eigenvalue weighted by atomic mass is 10.1. The molecule has 0 amide bonds. The fraction of sp³-hybridized carbons (Fsp3) is 0.316. The molecule has 3 heteroatoms. The average Bonchev–Trinajstić information content (AvgIpc) is 2.51. The van der Waals surface area contributed by atoms with Crippen LogP contribution in [0.25, 0.3) is 0 Å². The van der Waals surface area contributed by atoms with Crippen LogP contribution in [0.3, 0.4) is 0 Å². The molecule has 2 aromatic rings. The zero-order chi connectivity index (χ0) is 15.8. The fourth-order valence-corrected chi connectivity index (χ4v) is 2.54. The zero-order valence-corrected chi connectivity index (χ0v) is 13.0. The van der Waals surface area contributed by atoms with E-state index in [9.17, 15) is 4.79 Å². The molecule has 0 atom stereocenters. The van der Waals surface area contributed by atoms with Gasteiger partial charge in [-0.05, 0) is 43.0 Å². The minimum Gasteiger partial charge on any atom is -0.481 e. The zero-order valence-electron chi connectivity index (χ0n) is 13.0. The molecule has 0 aliphatic rings. The Hall–Kier alpha value is -2.29. The smallest absolute Gasteiger partial charge is 0.305 e. The number of rotatable bonds is 8. The van der Waals surface area contributed by atoms with Crippen LogP contribution < -0.4 is 4.90 Å². The van der Waals surface area contributed by atoms with E-state index < -0.39 is 5.97 Å². The van der Waals surface area contributed by atoms with Gasteiger partial charge in [-0.3, -0.25) is 4.79 Å². The Morgan fingerprint density at radius 1 is 1.05 bits per heavy atom. The largest absolute Gasteiger partial charge is 0.481 e. The topological polar surface area (TPSA) is 40.5 Å². The summed E-state index contributed by atoms with van der Waals surface area (Å²) in [7, 11) is 0. The van der Waals surface area contributed by atoms with Crippen molar-refractivity contribution >= 4 is 11.7 Å². The van der Waals surface area contributed by atoms with Gasteiger partial charge in [-0.25, -0.2) is 0 Å². The van der Waals surface area contributed by atoms with E-state index in [0.29, 0.717) is 6.54 Å². The van der Waals surface area contributed by atoms with Gasteiger partial charge in [-0.15, -0.1) is 0 Å². The third-order valence-electron chi connectivity index (χ3n) is 3.70. The van der Waals surface area contributed by atoms with Crippen molar-refractivity contribution < 1.29 is 9.90 Å². The summed E-state index contributed by atoms with van der Waals surface area (Å²) in [5.41, 5.74) is 3.63. The van der Waals surface area contributed by atoms with Gasteiger partial charge in [0.25, 0.3) is 0 Å². The van der Waals surface area contributed by atoms with Crippen molar-refractivity contribution in [2.24, 2.45) is 0 Å². The summed E-state index contributed by atoms with van der Waals surface area (Å²) in [6, 6.07) is 18.6. The summed E-state index contributed by atoms with van der Waals surface area (Å²) in [6.45, 7) is 3.47. The van der Waals surface area contributed by atoms with Crippen LogP contribution in [0.1, 0.15) is 24.0 Å². The monoisotopic (exact) mass is 297 g/mol. The molecule has 2 aromatic carbocycles. The highest BCUT2D eigenvalue weighted by Gasteiger charge is 2.09. The maximum Gasteiger partial charge on any atom is 0.305 e. The normalized spacial score (nSPS) is 10.4. The van der Waals surface area contributed by atoms with Crippen molar-refractivity contribution in [2.45, 2.75) is 26.2 Å². The molecule has 3 nitrogen and oxygen atoms in total. The first-order valence-electron chi connectivity index (χ1n) is 7.72. The van der Waals surface area contributed by atoms with Crippen LogP contribution >= 0.6 is 0 Å². The van der Waals surface area contributed by atoms with E-state index in [-0.39, 0.29) is 6.42 Å². The number of carboxylic acid groups (broad SMARTS) is 1. The SMILES string of the molecule is Cc1cccc(N(CCCc2ccccc2)CCC(=O)O)c1. The van der Waals surface area contributed by atoms with E-state index >= 15 is 0 Å². The van der Waals surface area contributed by atoms with E-state index in [2.05, 4.69) is 54.3 Å². The van der Waals surface area contributed by atoms with Crippen LogP contribution in [0, 0.1) is 6.92 Å². The molecule has 116 valence electrons. The van der Waals surface area contributed by atoms with E-state index in [1.807, 2.05) is 12.1 Å². The highest BCUT2D eigenvalue weighted by Crippen LogP contribution is 2.17. The summed E-state index contributed by atoms with van der Waals surface area (Å²) in [6.07, 6.45) is 2.19. The Kier molecular flexibility index (Phi) is 6.01. The molecular weight excluding hydrogens is 274 g/mol. The number of hydrogen-bond acceptors (Lipinski definition) is 2. The molecule has 0 aromatic heterocycles. The van der Waals surface area contributed by atoms with Crippen LogP contribution in [-0.4, -0.2) is 24.2 Å². The standard InChI is InChI=1S/C19H23NO2/c1-16-7-5-11-18(15-16)20(14-12-19(21)22)13-6-10-17-8-3-2-4-9-17/h2-5,7-9,11,15H,6,10,12-14H2,1H3,(H,21,22). The number of aryl methyl sites for hydroxylation is 2. The first-order valence-corrected chi connectivity index (χ1v) is 7.72. The lowest BCUT2D eigenvalue weighted by Crippen LogP contribution is -2.27. The van der Waals surface area contributed by atoms with Gasteiger partial charge in [0, 0.05) is 18.8 Å². The number of hydrogen-bond donors (Lipinski definition) is 1. The number of carboxylic acids is 1. The molecule has 0 bridgehead atoms. The summed E-state index contributed by atoms with van der Waals surface area (Å²) < 4.78 is 0. The summed E-state index contributed by atoms with van der Waals surface area (Å²) in [5.74, 6) is -0.749. The van der Waals surface area contributed by atoms with Crippen molar-refractivity contribution in [3.05, 3.63) is 65.7 Å². The molecule has 0 aliphatic carbocycles. The number of anilines is 1. The van der Waals surface area contributed by atoms with Crippen molar-refractivity contribution in [1.82, 2.24) is 0 Å². The molecule has 1 N–H and O–H groups in total. The van der Waals surface area contributed by atoms with Crippen LogP contribution in [0.4, 0.5) is 5.69 Å². The number of aliphatic carboxylic acids is 1. The first kappa shape index (κ1) is 16.1. The Bertz CT molecular complexity index is 595. The summed E-state index contributed by atoms with van der Waals surface area (Å²) in [4.78, 5) is 13.0. The third-order valence-corrected chi connectivity index (χ3v) is 3.70. The van der Waals surface area contributed by atoms with Gasteiger partial charge in [0.1, 0.15) is 0 Å². The quantitative estimate of drug-likeness (QED) is 0.803. The predicted molar refractivity (Wildman–Crippen MR) is 90.4 cm³/mol. The predicted octanol–water partition coefficient (Wildman–Crippen LogP) is 3.91. The molecule has 0 saturated heterocycles. The van der Waals surface area contributed by atoms with Crippen molar-refractivity contribution in [3.63, 3.8) is 0 Å². The molecule has 0 spiro atoms. The Labute approximate surface area is 132 Å². The van der Waals surface area contributed by atoms with Crippen LogP contribution in [0.15, 0.2) is 54.6 Å². The van der Waals surface area contributed by atoms with Crippen LogP contribution in [0.5, 0.6) is 0 Å². The van der Waals surface area contributed by atoms with Crippen molar-refractivity contribution in [1.29, 1.82) is 0 Å². The molecule has 2 rings (SSSR count). The highest BCUT2D eigenvalue weighted by atomic mass is 16.4. The molecule has 0 fully saturated rings. The van der Waals surface area contributed by atoms with Gasteiger partial charge in [0.15, 0.2) is 0 Å². The van der Waals surface area contributed by atoms with Crippen molar-refractivity contribution in [2.75, 3.05) is 18.0 Å². The van der Waals surface area contributed by atoms with Gasteiger partial charge >= 0.3 is 5.97 Å². The van der Waals surface area contributed by atoms with Gasteiger partial charge in [-0.2, -0.15) is 0 Å². The highest BCUT2D eigenvalue weighted by molar-refractivity contribution is 5.67. The van der Waals surface area contributed by atoms with E-state index in [1.165, 1.54) is 11.1 Å². The number of benzene rings is 2. The molecular formula is C19H23NO2.